The number of carbonyl (C=O) groups is 1. The average Bonchev–Trinajstić information content (AvgIpc) is 2.96. The Morgan fingerprint density at radius 3 is 2.71 bits per heavy atom. The third-order valence-corrected chi connectivity index (χ3v) is 4.20. The summed E-state index contributed by atoms with van der Waals surface area (Å²) >= 11 is 11.9. The summed E-state index contributed by atoms with van der Waals surface area (Å²) in [6.45, 7) is 2.70. The van der Waals surface area contributed by atoms with Gasteiger partial charge in [0.25, 0.3) is 5.91 Å². The first kappa shape index (κ1) is 16.6. The zero-order valence-electron chi connectivity index (χ0n) is 13.0. The third-order valence-electron chi connectivity index (χ3n) is 3.65. The molecule has 122 valence electrons. The molecule has 0 spiro atoms. The Morgan fingerprint density at radius 1 is 1.17 bits per heavy atom. The average molecular weight is 360 g/mol. The number of aryl methyl sites for hydroxylation is 1. The standard InChI is InChI=1S/C18H15Cl2N3O/c1-12-4-2-3-5-13(12)11-23-9-8-17(22-23)21-18(24)15-7-6-14(19)10-16(15)20/h2-10H,11H2,1H3,(H,21,22,24). The molecule has 0 bridgehead atoms. The van der Waals surface area contributed by atoms with E-state index in [4.69, 9.17) is 23.2 Å². The fraction of sp³-hybridized carbons (Fsp3) is 0.111. The lowest BCUT2D eigenvalue weighted by Gasteiger charge is -2.06. The molecule has 1 aromatic heterocycles. The number of halogens is 2. The minimum Gasteiger partial charge on any atom is -0.305 e. The number of carbonyl (C=O) groups excluding carboxylic acids is 1. The van der Waals surface area contributed by atoms with Gasteiger partial charge in [-0.3, -0.25) is 9.48 Å². The third kappa shape index (κ3) is 3.78. The molecule has 0 aliphatic carbocycles. The second kappa shape index (κ2) is 7.07. The molecular formula is C18H15Cl2N3O. The number of hydrogen-bond acceptors (Lipinski definition) is 2. The number of hydrogen-bond donors (Lipinski definition) is 1. The molecule has 0 saturated heterocycles. The van der Waals surface area contributed by atoms with E-state index < -0.39 is 0 Å². The van der Waals surface area contributed by atoms with Crippen molar-refractivity contribution in [2.45, 2.75) is 13.5 Å². The molecule has 1 heterocycles. The molecule has 0 fully saturated rings. The van der Waals surface area contributed by atoms with E-state index in [1.54, 1.807) is 22.9 Å². The molecule has 3 rings (SSSR count). The molecule has 0 saturated carbocycles. The number of anilines is 1. The van der Waals surface area contributed by atoms with Crippen LogP contribution in [-0.2, 0) is 6.54 Å². The zero-order chi connectivity index (χ0) is 17.1. The minimum absolute atomic E-state index is 0.305. The molecule has 0 aliphatic heterocycles. The van der Waals surface area contributed by atoms with Gasteiger partial charge < -0.3 is 5.32 Å². The second-order valence-electron chi connectivity index (χ2n) is 5.40. The molecule has 3 aromatic rings. The molecular weight excluding hydrogens is 345 g/mol. The topological polar surface area (TPSA) is 46.9 Å². The van der Waals surface area contributed by atoms with Gasteiger partial charge in [0.2, 0.25) is 0 Å². The molecule has 0 atom stereocenters. The predicted molar refractivity (Wildman–Crippen MR) is 96.9 cm³/mol. The van der Waals surface area contributed by atoms with Crippen LogP contribution < -0.4 is 5.32 Å². The summed E-state index contributed by atoms with van der Waals surface area (Å²) in [5.41, 5.74) is 2.74. The minimum atomic E-state index is -0.321. The summed E-state index contributed by atoms with van der Waals surface area (Å²) in [5.74, 6) is 0.150. The van der Waals surface area contributed by atoms with E-state index in [9.17, 15) is 4.79 Å². The van der Waals surface area contributed by atoms with Gasteiger partial charge in [0.1, 0.15) is 0 Å². The van der Waals surface area contributed by atoms with Gasteiger partial charge in [-0.15, -0.1) is 0 Å². The predicted octanol–water partition coefficient (Wildman–Crippen LogP) is 4.80. The van der Waals surface area contributed by atoms with Crippen LogP contribution in [0.4, 0.5) is 5.82 Å². The first-order chi connectivity index (χ1) is 11.5. The fourth-order valence-electron chi connectivity index (χ4n) is 2.34. The van der Waals surface area contributed by atoms with E-state index in [1.165, 1.54) is 17.2 Å². The molecule has 1 N–H and O–H groups in total. The maximum atomic E-state index is 12.3. The summed E-state index contributed by atoms with van der Waals surface area (Å²) in [5, 5.41) is 7.91. The quantitative estimate of drug-likeness (QED) is 0.727. The normalized spacial score (nSPS) is 10.6. The van der Waals surface area contributed by atoms with Crippen LogP contribution in [0, 0.1) is 6.92 Å². The van der Waals surface area contributed by atoms with Gasteiger partial charge in [-0.1, -0.05) is 47.5 Å². The van der Waals surface area contributed by atoms with E-state index in [2.05, 4.69) is 29.5 Å². The Kier molecular flexibility index (Phi) is 4.88. The Morgan fingerprint density at radius 2 is 1.96 bits per heavy atom. The molecule has 2 aromatic carbocycles. The van der Waals surface area contributed by atoms with Crippen molar-refractivity contribution in [3.05, 3.63) is 81.5 Å². The molecule has 0 aliphatic rings. The SMILES string of the molecule is Cc1ccccc1Cn1ccc(NC(=O)c2ccc(Cl)cc2Cl)n1. The maximum Gasteiger partial charge on any atom is 0.258 e. The van der Waals surface area contributed by atoms with Gasteiger partial charge in [0.05, 0.1) is 17.1 Å². The second-order valence-corrected chi connectivity index (χ2v) is 6.25. The number of rotatable bonds is 4. The van der Waals surface area contributed by atoms with Crippen LogP contribution in [0.3, 0.4) is 0 Å². The van der Waals surface area contributed by atoms with Crippen molar-refractivity contribution < 1.29 is 4.79 Å². The lowest BCUT2D eigenvalue weighted by molar-refractivity contribution is 0.102. The van der Waals surface area contributed by atoms with Gasteiger partial charge in [0.15, 0.2) is 5.82 Å². The molecule has 0 unspecified atom stereocenters. The van der Waals surface area contributed by atoms with Crippen LogP contribution in [0.15, 0.2) is 54.7 Å². The fourth-order valence-corrected chi connectivity index (χ4v) is 2.83. The van der Waals surface area contributed by atoms with Crippen LogP contribution in [0.1, 0.15) is 21.5 Å². The highest BCUT2D eigenvalue weighted by Gasteiger charge is 2.12. The highest BCUT2D eigenvalue weighted by atomic mass is 35.5. The number of nitrogens with zero attached hydrogens (tertiary/aromatic N) is 2. The number of amides is 1. The van der Waals surface area contributed by atoms with Gasteiger partial charge >= 0.3 is 0 Å². The molecule has 24 heavy (non-hydrogen) atoms. The van der Waals surface area contributed by atoms with E-state index >= 15 is 0 Å². The largest absolute Gasteiger partial charge is 0.305 e. The van der Waals surface area contributed by atoms with Gasteiger partial charge in [0, 0.05) is 17.3 Å². The number of benzene rings is 2. The van der Waals surface area contributed by atoms with Crippen molar-refractivity contribution in [2.24, 2.45) is 0 Å². The maximum absolute atomic E-state index is 12.3. The summed E-state index contributed by atoms with van der Waals surface area (Å²) in [6, 6.07) is 14.6. The highest BCUT2D eigenvalue weighted by molar-refractivity contribution is 6.37. The number of aromatic nitrogens is 2. The summed E-state index contributed by atoms with van der Waals surface area (Å²) in [4.78, 5) is 12.3. The van der Waals surface area contributed by atoms with E-state index in [0.29, 0.717) is 28.0 Å². The Bertz CT molecular complexity index is 889. The lowest BCUT2D eigenvalue weighted by Crippen LogP contribution is -2.13. The summed E-state index contributed by atoms with van der Waals surface area (Å²) in [7, 11) is 0. The monoisotopic (exact) mass is 359 g/mol. The van der Waals surface area contributed by atoms with Crippen LogP contribution >= 0.6 is 23.2 Å². The van der Waals surface area contributed by atoms with Crippen LogP contribution in [0.25, 0.3) is 0 Å². The van der Waals surface area contributed by atoms with Crippen LogP contribution in [0.2, 0.25) is 10.0 Å². The first-order valence-electron chi connectivity index (χ1n) is 7.37. The Labute approximate surface area is 150 Å². The van der Waals surface area contributed by atoms with Crippen molar-refractivity contribution in [1.82, 2.24) is 9.78 Å². The van der Waals surface area contributed by atoms with Crippen molar-refractivity contribution in [3.63, 3.8) is 0 Å². The van der Waals surface area contributed by atoms with Gasteiger partial charge in [-0.05, 0) is 36.2 Å². The molecule has 6 heteroatoms. The van der Waals surface area contributed by atoms with Crippen LogP contribution in [-0.4, -0.2) is 15.7 Å². The van der Waals surface area contributed by atoms with E-state index in [0.717, 1.165) is 0 Å². The zero-order valence-corrected chi connectivity index (χ0v) is 14.5. The van der Waals surface area contributed by atoms with Crippen molar-refractivity contribution in [2.75, 3.05) is 5.32 Å². The number of nitrogens with one attached hydrogen (secondary N) is 1. The van der Waals surface area contributed by atoms with E-state index in [1.807, 2.05) is 18.3 Å². The first-order valence-corrected chi connectivity index (χ1v) is 8.13. The molecule has 1 amide bonds. The molecule has 0 radical (unpaired) electrons. The van der Waals surface area contributed by atoms with Crippen molar-refractivity contribution >= 4 is 34.9 Å². The lowest BCUT2D eigenvalue weighted by atomic mass is 10.1. The summed E-state index contributed by atoms with van der Waals surface area (Å²) in [6.07, 6.45) is 1.82. The Hall–Kier alpha value is -2.30. The van der Waals surface area contributed by atoms with Crippen molar-refractivity contribution in [1.29, 1.82) is 0 Å². The smallest absolute Gasteiger partial charge is 0.258 e. The van der Waals surface area contributed by atoms with Crippen LogP contribution in [0.5, 0.6) is 0 Å². The highest BCUT2D eigenvalue weighted by Crippen LogP contribution is 2.22. The summed E-state index contributed by atoms with van der Waals surface area (Å²) < 4.78 is 1.78. The molecule has 4 nitrogen and oxygen atoms in total. The van der Waals surface area contributed by atoms with Crippen molar-refractivity contribution in [3.8, 4) is 0 Å². The van der Waals surface area contributed by atoms with E-state index in [-0.39, 0.29) is 5.91 Å². The van der Waals surface area contributed by atoms with Gasteiger partial charge in [-0.25, -0.2) is 0 Å². The Balaban J connectivity index is 1.72. The van der Waals surface area contributed by atoms with Gasteiger partial charge in [-0.2, -0.15) is 5.10 Å².